The largest absolute Gasteiger partial charge is 4.00 e. The fourth-order valence-electron chi connectivity index (χ4n) is 0. The van der Waals surface area contributed by atoms with E-state index in [9.17, 15) is 0 Å². The van der Waals surface area contributed by atoms with Gasteiger partial charge in [0.25, 0.3) is 0 Å². The molecular formula is H4N4SiZr3. The van der Waals surface area contributed by atoms with Gasteiger partial charge in [0.2, 0.25) is 0 Å². The Morgan fingerprint density at radius 2 is 0.375 bits per heavy atom. The van der Waals surface area contributed by atoms with Crippen molar-refractivity contribution >= 4 is 11.0 Å². The SMILES string of the molecule is [N-3].[N-3].[N-3].[N-3].[SiH4].[Zr+4].[Zr+4].[Zr+4]. The molecule has 0 aliphatic carbocycles. The van der Waals surface area contributed by atoms with Gasteiger partial charge in [0.1, 0.15) is 0 Å². The second-order valence-electron chi connectivity index (χ2n) is 0. The molecule has 8 heteroatoms. The van der Waals surface area contributed by atoms with Crippen LogP contribution in [0.25, 0.3) is 24.6 Å². The molecule has 0 heterocycles. The zero-order valence-corrected chi connectivity index (χ0v) is 10.7. The molecule has 8 heavy (non-hydrogen) atoms. The summed E-state index contributed by atoms with van der Waals surface area (Å²) in [6, 6.07) is 0. The zero-order valence-electron chi connectivity index (χ0n) is 3.29. The molecule has 0 aromatic carbocycles. The monoisotopic (exact) mass is 358 g/mol. The van der Waals surface area contributed by atoms with E-state index in [1.165, 1.54) is 0 Å². The summed E-state index contributed by atoms with van der Waals surface area (Å²) in [5.41, 5.74) is 0. The molecule has 0 amide bonds. The fourth-order valence-corrected chi connectivity index (χ4v) is 0. The van der Waals surface area contributed by atoms with Crippen LogP contribution in [0, 0.1) is 0 Å². The van der Waals surface area contributed by atoms with Crippen LogP contribution in [-0.4, -0.2) is 11.0 Å². The molecule has 0 unspecified atom stereocenters. The molecule has 0 spiro atoms. The van der Waals surface area contributed by atoms with Crippen molar-refractivity contribution in [1.82, 2.24) is 0 Å². The van der Waals surface area contributed by atoms with Crippen molar-refractivity contribution in [1.29, 1.82) is 0 Å². The Hall–Kier alpha value is 2.71. The molecule has 0 saturated carbocycles. The van der Waals surface area contributed by atoms with Crippen molar-refractivity contribution < 1.29 is 78.6 Å². The Morgan fingerprint density at radius 1 is 0.375 bits per heavy atom. The minimum Gasteiger partial charge on any atom is -3.00 e. The normalized spacial score (nSPS) is 0. The van der Waals surface area contributed by atoms with Gasteiger partial charge in [-0.25, -0.2) is 0 Å². The molecule has 0 aliphatic heterocycles. The van der Waals surface area contributed by atoms with E-state index in [4.69, 9.17) is 0 Å². The van der Waals surface area contributed by atoms with E-state index in [0.717, 1.165) is 0 Å². The van der Waals surface area contributed by atoms with E-state index >= 15 is 0 Å². The van der Waals surface area contributed by atoms with Crippen molar-refractivity contribution in [3.05, 3.63) is 24.6 Å². The van der Waals surface area contributed by atoms with Crippen molar-refractivity contribution in [3.8, 4) is 0 Å². The van der Waals surface area contributed by atoms with Crippen LogP contribution in [-0.2, 0) is 78.6 Å². The Kier molecular flexibility index (Phi) is 1730. The molecule has 0 atom stereocenters. The summed E-state index contributed by atoms with van der Waals surface area (Å²) in [6.07, 6.45) is 0. The van der Waals surface area contributed by atoms with Gasteiger partial charge >= 0.3 is 78.6 Å². The summed E-state index contributed by atoms with van der Waals surface area (Å²) in [6.45, 7) is 0. The second kappa shape index (κ2) is 100. The molecule has 0 radical (unpaired) electrons. The number of hydrogen-bond acceptors (Lipinski definition) is 0. The van der Waals surface area contributed by atoms with Crippen molar-refractivity contribution in [2.75, 3.05) is 0 Å². The van der Waals surface area contributed by atoms with Gasteiger partial charge in [-0.15, -0.1) is 0 Å². The molecule has 0 aromatic rings. The van der Waals surface area contributed by atoms with Gasteiger partial charge in [0.05, 0.1) is 0 Å². The van der Waals surface area contributed by atoms with E-state index in [1.54, 1.807) is 0 Å². The predicted molar refractivity (Wildman–Crippen MR) is 24.8 cm³/mol. The van der Waals surface area contributed by atoms with Gasteiger partial charge in [0.15, 0.2) is 0 Å². The molecule has 0 N–H and O–H groups in total. The Bertz CT molecular complexity index is 11.2. The maximum atomic E-state index is 0. The van der Waals surface area contributed by atoms with Crippen LogP contribution in [0.4, 0.5) is 0 Å². The maximum Gasteiger partial charge on any atom is 4.00 e. The van der Waals surface area contributed by atoms with Crippen molar-refractivity contribution in [2.24, 2.45) is 0 Å². The summed E-state index contributed by atoms with van der Waals surface area (Å²) in [5.74, 6) is 0. The summed E-state index contributed by atoms with van der Waals surface area (Å²) >= 11 is 0. The van der Waals surface area contributed by atoms with E-state index in [1.807, 2.05) is 0 Å². The van der Waals surface area contributed by atoms with Gasteiger partial charge in [-0.05, 0) is 11.0 Å². The molecule has 4 nitrogen and oxygen atoms in total. The predicted octanol–water partition coefficient (Wildman–Crippen LogP) is -0.304. The van der Waals surface area contributed by atoms with Crippen LogP contribution in [0.1, 0.15) is 0 Å². The third-order valence-corrected chi connectivity index (χ3v) is 0. The molecule has 0 bridgehead atoms. The van der Waals surface area contributed by atoms with E-state index in [-0.39, 0.29) is 114 Å². The molecule has 40 valence electrons. The maximum absolute atomic E-state index is 0. The Morgan fingerprint density at radius 3 is 0.375 bits per heavy atom. The minimum absolute atomic E-state index is 0. The summed E-state index contributed by atoms with van der Waals surface area (Å²) in [5, 5.41) is 0. The van der Waals surface area contributed by atoms with Crippen LogP contribution in [0.2, 0.25) is 0 Å². The van der Waals surface area contributed by atoms with Gasteiger partial charge < -0.3 is 24.6 Å². The number of rotatable bonds is 0. The van der Waals surface area contributed by atoms with Crippen LogP contribution >= 0.6 is 0 Å². The smallest absolute Gasteiger partial charge is 3.00 e. The third-order valence-electron chi connectivity index (χ3n) is 0. The Balaban J connectivity index is 0. The third kappa shape index (κ3) is 70.6. The topological polar surface area (TPSA) is 122 Å². The van der Waals surface area contributed by atoms with Crippen LogP contribution in [0.5, 0.6) is 0 Å². The Labute approximate surface area is 112 Å². The first-order chi connectivity index (χ1) is 0. The molecule has 0 fully saturated rings. The average molecular weight is 362 g/mol. The van der Waals surface area contributed by atoms with Crippen molar-refractivity contribution in [3.63, 3.8) is 0 Å². The molecular weight excluding hydrogens is 358 g/mol. The second-order valence-corrected chi connectivity index (χ2v) is 0. The fraction of sp³-hybridized carbons (Fsp3) is 0. The van der Waals surface area contributed by atoms with Crippen LogP contribution in [0.3, 0.4) is 0 Å². The van der Waals surface area contributed by atoms with Gasteiger partial charge in [-0.2, -0.15) is 0 Å². The summed E-state index contributed by atoms with van der Waals surface area (Å²) < 4.78 is 0. The molecule has 0 aromatic heterocycles. The average Bonchev–Trinajstić information content (AvgIpc) is 0. The van der Waals surface area contributed by atoms with Gasteiger partial charge in [-0.3, -0.25) is 0 Å². The van der Waals surface area contributed by atoms with Gasteiger partial charge in [-0.1, -0.05) is 0 Å². The minimum atomic E-state index is 0. The van der Waals surface area contributed by atoms with Gasteiger partial charge in [0, 0.05) is 0 Å². The van der Waals surface area contributed by atoms with E-state index in [0.29, 0.717) is 0 Å². The van der Waals surface area contributed by atoms with Crippen molar-refractivity contribution in [2.45, 2.75) is 0 Å². The summed E-state index contributed by atoms with van der Waals surface area (Å²) in [4.78, 5) is 0. The molecule has 0 saturated heterocycles. The standard InChI is InChI=1S/4N.H4Si.3Zr/h;;;;1H4;;;/q4*-3;;3*+4. The molecule has 0 aliphatic rings. The number of hydrogen-bond donors (Lipinski definition) is 0. The van der Waals surface area contributed by atoms with Crippen LogP contribution < -0.4 is 0 Å². The molecule has 0 rings (SSSR count). The van der Waals surface area contributed by atoms with E-state index in [2.05, 4.69) is 0 Å². The zero-order chi connectivity index (χ0) is 0. The van der Waals surface area contributed by atoms with Crippen LogP contribution in [0.15, 0.2) is 0 Å². The quantitative estimate of drug-likeness (QED) is 0.526. The van der Waals surface area contributed by atoms with E-state index < -0.39 is 0 Å². The summed E-state index contributed by atoms with van der Waals surface area (Å²) in [7, 11) is 0. The number of nitrogens with zero attached hydrogens (tertiary/aromatic N) is 4. The first kappa shape index (κ1) is 138. The first-order valence-electron chi connectivity index (χ1n) is 0. The first-order valence-corrected chi connectivity index (χ1v) is 0.